The molecule has 2 aromatic heterocycles. The SMILES string of the molecule is CC1CCCN(c2nc(C(F)(F)F)c(C(=O)Nc3ccc(N4CCCN(C(=O)Cc5ccccc5)CC4)nc3)o2)C1. The third kappa shape index (κ3) is 6.98. The number of nitrogens with one attached hydrogen (secondary N) is 1. The molecule has 218 valence electrons. The van der Waals surface area contributed by atoms with Crippen LogP contribution < -0.4 is 15.1 Å². The van der Waals surface area contributed by atoms with E-state index in [1.54, 1.807) is 17.0 Å². The van der Waals surface area contributed by atoms with Gasteiger partial charge in [-0.3, -0.25) is 9.59 Å². The highest BCUT2D eigenvalue weighted by molar-refractivity contribution is 6.03. The molecule has 4 heterocycles. The largest absolute Gasteiger partial charge is 0.437 e. The Labute approximate surface area is 236 Å². The molecule has 2 saturated heterocycles. The number of carbonyl (C=O) groups excluding carboxylic acids is 2. The smallest absolute Gasteiger partial charge is 0.417 e. The van der Waals surface area contributed by atoms with E-state index in [9.17, 15) is 22.8 Å². The highest BCUT2D eigenvalue weighted by Gasteiger charge is 2.42. The van der Waals surface area contributed by atoms with E-state index in [0.29, 0.717) is 51.5 Å². The first-order valence-corrected chi connectivity index (χ1v) is 13.8. The highest BCUT2D eigenvalue weighted by Crippen LogP contribution is 2.35. The monoisotopic (exact) mass is 570 g/mol. The predicted octanol–water partition coefficient (Wildman–Crippen LogP) is 4.86. The van der Waals surface area contributed by atoms with Crippen molar-refractivity contribution in [3.05, 3.63) is 65.7 Å². The van der Waals surface area contributed by atoms with Crippen molar-refractivity contribution in [2.75, 3.05) is 54.4 Å². The molecular weight excluding hydrogens is 537 g/mol. The zero-order chi connectivity index (χ0) is 29.0. The standard InChI is InChI=1S/C29H33F3N6O3/c1-20-7-5-12-38(19-20)28-35-26(29(30,31)32)25(41-28)27(40)34-22-10-11-23(33-18-22)36-13-6-14-37(16-15-36)24(39)17-21-8-3-2-4-9-21/h2-4,8-11,18,20H,5-7,12-17,19H2,1H3,(H,34,40). The van der Waals surface area contributed by atoms with Crippen molar-refractivity contribution >= 4 is 29.3 Å². The summed E-state index contributed by atoms with van der Waals surface area (Å²) in [6.45, 7) is 5.52. The summed E-state index contributed by atoms with van der Waals surface area (Å²) < 4.78 is 46.5. The molecule has 1 N–H and O–H groups in total. The Morgan fingerprint density at radius 3 is 2.49 bits per heavy atom. The highest BCUT2D eigenvalue weighted by atomic mass is 19.4. The summed E-state index contributed by atoms with van der Waals surface area (Å²) in [6.07, 6.45) is -0.544. The van der Waals surface area contributed by atoms with Gasteiger partial charge >= 0.3 is 6.18 Å². The van der Waals surface area contributed by atoms with Crippen molar-refractivity contribution in [3.8, 4) is 0 Å². The number of benzene rings is 1. The Morgan fingerprint density at radius 2 is 1.78 bits per heavy atom. The van der Waals surface area contributed by atoms with E-state index < -0.39 is 23.5 Å². The lowest BCUT2D eigenvalue weighted by Gasteiger charge is -2.29. The Bertz CT molecular complexity index is 1350. The van der Waals surface area contributed by atoms with Gasteiger partial charge in [0.1, 0.15) is 5.82 Å². The van der Waals surface area contributed by atoms with Gasteiger partial charge in [0, 0.05) is 39.3 Å². The van der Waals surface area contributed by atoms with Crippen LogP contribution in [0.25, 0.3) is 0 Å². The Balaban J connectivity index is 1.22. The quantitative estimate of drug-likeness (QED) is 0.453. The van der Waals surface area contributed by atoms with E-state index in [-0.39, 0.29) is 23.5 Å². The van der Waals surface area contributed by atoms with E-state index >= 15 is 0 Å². The van der Waals surface area contributed by atoms with E-state index in [1.807, 2.05) is 47.1 Å². The molecule has 2 aliphatic rings. The zero-order valence-electron chi connectivity index (χ0n) is 22.9. The van der Waals surface area contributed by atoms with Crippen LogP contribution in [-0.2, 0) is 17.4 Å². The minimum atomic E-state index is -4.85. The number of rotatable bonds is 6. The molecule has 1 atom stereocenters. The van der Waals surface area contributed by atoms with Crippen molar-refractivity contribution in [3.63, 3.8) is 0 Å². The van der Waals surface area contributed by atoms with Crippen LogP contribution in [0, 0.1) is 5.92 Å². The molecule has 41 heavy (non-hydrogen) atoms. The predicted molar refractivity (Wildman–Crippen MR) is 148 cm³/mol. The summed E-state index contributed by atoms with van der Waals surface area (Å²) in [6, 6.07) is 12.7. The fourth-order valence-electron chi connectivity index (χ4n) is 5.27. The molecule has 3 aromatic rings. The van der Waals surface area contributed by atoms with Gasteiger partial charge in [0.2, 0.25) is 11.7 Å². The lowest BCUT2D eigenvalue weighted by Crippen LogP contribution is -2.36. The topological polar surface area (TPSA) is 94.8 Å². The van der Waals surface area contributed by atoms with Gasteiger partial charge in [0.15, 0.2) is 5.69 Å². The number of oxazole rings is 1. The second-order valence-electron chi connectivity index (χ2n) is 10.6. The van der Waals surface area contributed by atoms with Crippen LogP contribution >= 0.6 is 0 Å². The van der Waals surface area contributed by atoms with Gasteiger partial charge in [0.05, 0.1) is 18.3 Å². The molecular formula is C29H33F3N6O3. The van der Waals surface area contributed by atoms with Crippen molar-refractivity contribution in [2.45, 2.75) is 38.8 Å². The maximum absolute atomic E-state index is 13.7. The minimum Gasteiger partial charge on any atom is -0.417 e. The van der Waals surface area contributed by atoms with Gasteiger partial charge in [0.25, 0.3) is 11.9 Å². The Hall–Kier alpha value is -4.09. The molecule has 2 amide bonds. The van der Waals surface area contributed by atoms with Crippen LogP contribution in [0.5, 0.6) is 0 Å². The van der Waals surface area contributed by atoms with Gasteiger partial charge in [-0.15, -0.1) is 0 Å². The molecule has 0 aliphatic carbocycles. The number of alkyl halides is 3. The second-order valence-corrected chi connectivity index (χ2v) is 10.6. The van der Waals surface area contributed by atoms with Crippen LogP contribution in [0.1, 0.15) is 48.0 Å². The van der Waals surface area contributed by atoms with Crippen molar-refractivity contribution < 1.29 is 27.2 Å². The maximum Gasteiger partial charge on any atom is 0.437 e. The number of aromatic nitrogens is 2. The van der Waals surface area contributed by atoms with Gasteiger partial charge in [-0.25, -0.2) is 4.98 Å². The van der Waals surface area contributed by atoms with Crippen molar-refractivity contribution in [1.29, 1.82) is 0 Å². The number of pyridine rings is 1. The molecule has 9 nitrogen and oxygen atoms in total. The number of piperidine rings is 1. The Kier molecular flexibility index (Phi) is 8.46. The molecule has 1 aromatic carbocycles. The van der Waals surface area contributed by atoms with Crippen molar-refractivity contribution in [1.82, 2.24) is 14.9 Å². The molecule has 12 heteroatoms. The van der Waals surface area contributed by atoms with Crippen LogP contribution in [0.4, 0.5) is 30.7 Å². The fourth-order valence-corrected chi connectivity index (χ4v) is 5.27. The number of halogens is 3. The van der Waals surface area contributed by atoms with E-state index in [0.717, 1.165) is 24.8 Å². The minimum absolute atomic E-state index is 0.0765. The number of nitrogens with zero attached hydrogens (tertiary/aromatic N) is 5. The molecule has 1 unspecified atom stereocenters. The zero-order valence-corrected chi connectivity index (χ0v) is 22.9. The number of amides is 2. The molecule has 0 bridgehead atoms. The average Bonchev–Trinajstić information content (AvgIpc) is 3.27. The van der Waals surface area contributed by atoms with Crippen LogP contribution in [0.2, 0.25) is 0 Å². The Morgan fingerprint density at radius 1 is 1.00 bits per heavy atom. The van der Waals surface area contributed by atoms with E-state index in [1.165, 1.54) is 6.20 Å². The van der Waals surface area contributed by atoms with Crippen LogP contribution in [0.15, 0.2) is 53.1 Å². The average molecular weight is 571 g/mol. The summed E-state index contributed by atoms with van der Waals surface area (Å²) in [5.74, 6) is -0.903. The first kappa shape index (κ1) is 28.4. The molecule has 2 fully saturated rings. The normalized spacial score (nSPS) is 18.2. The van der Waals surface area contributed by atoms with Crippen LogP contribution in [0.3, 0.4) is 0 Å². The molecule has 2 aliphatic heterocycles. The molecule has 5 rings (SSSR count). The lowest BCUT2D eigenvalue weighted by atomic mass is 10.0. The summed E-state index contributed by atoms with van der Waals surface area (Å²) in [7, 11) is 0. The number of hydrogen-bond donors (Lipinski definition) is 1. The first-order valence-electron chi connectivity index (χ1n) is 13.8. The number of anilines is 3. The summed E-state index contributed by atoms with van der Waals surface area (Å²) >= 11 is 0. The maximum atomic E-state index is 13.7. The van der Waals surface area contributed by atoms with Crippen LogP contribution in [-0.4, -0.2) is 66.0 Å². The number of carbonyl (C=O) groups is 2. The summed E-state index contributed by atoms with van der Waals surface area (Å²) in [5, 5.41) is 2.46. The first-order chi connectivity index (χ1) is 19.7. The third-order valence-electron chi connectivity index (χ3n) is 7.39. The van der Waals surface area contributed by atoms with Crippen molar-refractivity contribution in [2.24, 2.45) is 5.92 Å². The van der Waals surface area contributed by atoms with Gasteiger partial charge < -0.3 is 24.4 Å². The molecule has 0 spiro atoms. The fraction of sp³-hybridized carbons (Fsp3) is 0.448. The molecule has 0 radical (unpaired) electrons. The summed E-state index contributed by atoms with van der Waals surface area (Å²) in [5.41, 5.74) is -0.141. The van der Waals surface area contributed by atoms with E-state index in [2.05, 4.69) is 15.3 Å². The second kappa shape index (κ2) is 12.2. The third-order valence-corrected chi connectivity index (χ3v) is 7.39. The van der Waals surface area contributed by atoms with Gasteiger partial charge in [-0.1, -0.05) is 37.3 Å². The number of hydrogen-bond acceptors (Lipinski definition) is 7. The lowest BCUT2D eigenvalue weighted by molar-refractivity contribution is -0.141. The summed E-state index contributed by atoms with van der Waals surface area (Å²) in [4.78, 5) is 39.3. The van der Waals surface area contributed by atoms with Gasteiger partial charge in [-0.05, 0) is 42.9 Å². The van der Waals surface area contributed by atoms with Gasteiger partial charge in [-0.2, -0.15) is 18.2 Å². The molecule has 0 saturated carbocycles. The van der Waals surface area contributed by atoms with E-state index in [4.69, 9.17) is 4.42 Å².